The Morgan fingerprint density at radius 2 is 1.93 bits per heavy atom. The van der Waals surface area contributed by atoms with Crippen molar-refractivity contribution in [3.8, 4) is 16.3 Å². The summed E-state index contributed by atoms with van der Waals surface area (Å²) < 4.78 is 5.97. The zero-order valence-electron chi connectivity index (χ0n) is 14.0. The number of aromatic amines is 1. The third-order valence-corrected chi connectivity index (χ3v) is 4.52. The van der Waals surface area contributed by atoms with Crippen molar-refractivity contribution in [2.45, 2.75) is 6.61 Å². The van der Waals surface area contributed by atoms with Crippen LogP contribution in [0, 0.1) is 0 Å². The van der Waals surface area contributed by atoms with Crippen molar-refractivity contribution in [1.29, 1.82) is 0 Å². The molecule has 0 aliphatic rings. The Labute approximate surface area is 158 Å². The van der Waals surface area contributed by atoms with Gasteiger partial charge in [0.25, 0.3) is 11.7 Å². The van der Waals surface area contributed by atoms with Crippen LogP contribution in [0.4, 0.5) is 5.82 Å². The van der Waals surface area contributed by atoms with Crippen molar-refractivity contribution >= 4 is 23.1 Å². The van der Waals surface area contributed by atoms with E-state index < -0.39 is 5.91 Å². The molecule has 0 aliphatic heterocycles. The third kappa shape index (κ3) is 3.98. The molecule has 0 saturated heterocycles. The number of ether oxygens (including phenoxy) is 1. The number of anilines is 1. The molecule has 0 atom stereocenters. The molecule has 0 aliphatic carbocycles. The van der Waals surface area contributed by atoms with Gasteiger partial charge in [0, 0.05) is 5.38 Å². The van der Waals surface area contributed by atoms with Crippen LogP contribution in [0.3, 0.4) is 0 Å². The molecule has 134 valence electrons. The van der Waals surface area contributed by atoms with Gasteiger partial charge < -0.3 is 10.1 Å². The van der Waals surface area contributed by atoms with E-state index >= 15 is 0 Å². The lowest BCUT2D eigenvalue weighted by atomic mass is 10.2. The predicted octanol–water partition coefficient (Wildman–Crippen LogP) is 3.15. The highest BCUT2D eigenvalue weighted by Gasteiger charge is 2.15. The number of benzene rings is 2. The summed E-state index contributed by atoms with van der Waals surface area (Å²) in [5.74, 6) is 0.625. The van der Waals surface area contributed by atoms with Crippen LogP contribution in [0.2, 0.25) is 0 Å². The van der Waals surface area contributed by atoms with Gasteiger partial charge in [-0.2, -0.15) is 5.21 Å². The van der Waals surface area contributed by atoms with Crippen LogP contribution < -0.4 is 10.1 Å². The molecule has 9 heteroatoms. The lowest BCUT2D eigenvalue weighted by Crippen LogP contribution is -2.14. The largest absolute Gasteiger partial charge is 0.488 e. The number of thiazole rings is 1. The average molecular weight is 378 g/mol. The Kier molecular flexibility index (Phi) is 4.84. The molecule has 2 N–H and O–H groups in total. The number of carbonyl (C=O) groups is 1. The Balaban J connectivity index is 1.50. The molecular formula is C18H14N6O2S. The first-order chi connectivity index (χ1) is 13.3. The van der Waals surface area contributed by atoms with Crippen molar-refractivity contribution < 1.29 is 9.53 Å². The third-order valence-electron chi connectivity index (χ3n) is 3.65. The first kappa shape index (κ1) is 16.9. The second kappa shape index (κ2) is 7.75. The first-order valence-corrected chi connectivity index (χ1v) is 8.94. The van der Waals surface area contributed by atoms with Crippen molar-refractivity contribution in [2.75, 3.05) is 5.32 Å². The Bertz CT molecular complexity index is 1030. The Morgan fingerprint density at radius 1 is 1.11 bits per heavy atom. The van der Waals surface area contributed by atoms with E-state index in [-0.39, 0.29) is 5.82 Å². The van der Waals surface area contributed by atoms with E-state index in [1.807, 2.05) is 54.6 Å². The van der Waals surface area contributed by atoms with Gasteiger partial charge in [0.05, 0.1) is 5.56 Å². The number of hydrogen-bond donors (Lipinski definition) is 2. The van der Waals surface area contributed by atoms with Crippen LogP contribution in [0.1, 0.15) is 16.2 Å². The topological polar surface area (TPSA) is 106 Å². The minimum absolute atomic E-state index is 0.0452. The summed E-state index contributed by atoms with van der Waals surface area (Å²) >= 11 is 1.41. The molecule has 4 aromatic rings. The van der Waals surface area contributed by atoms with Crippen molar-refractivity contribution in [1.82, 2.24) is 25.6 Å². The van der Waals surface area contributed by atoms with Crippen LogP contribution in [-0.4, -0.2) is 31.5 Å². The highest BCUT2D eigenvalue weighted by molar-refractivity contribution is 7.13. The van der Waals surface area contributed by atoms with Gasteiger partial charge in [-0.05, 0) is 22.9 Å². The number of nitrogens with one attached hydrogen (secondary N) is 2. The van der Waals surface area contributed by atoms with E-state index in [4.69, 9.17) is 4.74 Å². The summed E-state index contributed by atoms with van der Waals surface area (Å²) in [5, 5.41) is 18.0. The van der Waals surface area contributed by atoms with Crippen LogP contribution in [0.25, 0.3) is 10.6 Å². The molecule has 1 amide bonds. The number of para-hydroxylation sites is 1. The lowest BCUT2D eigenvalue weighted by Gasteiger charge is -2.10. The summed E-state index contributed by atoms with van der Waals surface area (Å²) in [4.78, 5) is 16.5. The maximum atomic E-state index is 12.0. The Morgan fingerprint density at radius 3 is 2.74 bits per heavy atom. The number of aromatic nitrogens is 5. The van der Waals surface area contributed by atoms with Crippen molar-refractivity contribution in [2.24, 2.45) is 0 Å². The molecule has 2 heterocycles. The molecule has 2 aromatic carbocycles. The molecule has 0 radical (unpaired) electrons. The van der Waals surface area contributed by atoms with Crippen molar-refractivity contribution in [3.63, 3.8) is 0 Å². The zero-order valence-corrected chi connectivity index (χ0v) is 14.8. The van der Waals surface area contributed by atoms with Gasteiger partial charge in [0.15, 0.2) is 0 Å². The molecule has 27 heavy (non-hydrogen) atoms. The minimum Gasteiger partial charge on any atom is -0.488 e. The number of hydrogen-bond acceptors (Lipinski definition) is 7. The van der Waals surface area contributed by atoms with Gasteiger partial charge in [-0.25, -0.2) is 4.98 Å². The van der Waals surface area contributed by atoms with Crippen molar-refractivity contribution in [3.05, 3.63) is 71.4 Å². The molecule has 0 bridgehead atoms. The molecule has 4 rings (SSSR count). The summed E-state index contributed by atoms with van der Waals surface area (Å²) in [6, 6.07) is 17.6. The first-order valence-electron chi connectivity index (χ1n) is 8.06. The molecule has 0 saturated carbocycles. The molecule has 0 fully saturated rings. The Hall–Kier alpha value is -3.59. The number of amides is 1. The van der Waals surface area contributed by atoms with Gasteiger partial charge in [0.2, 0.25) is 0 Å². The summed E-state index contributed by atoms with van der Waals surface area (Å²) in [7, 11) is 0. The normalized spacial score (nSPS) is 10.5. The second-order valence-corrected chi connectivity index (χ2v) is 6.36. The number of tetrazole rings is 1. The summed E-state index contributed by atoms with van der Waals surface area (Å²) in [5.41, 5.74) is 1.94. The fraction of sp³-hybridized carbons (Fsp3) is 0.0556. The van der Waals surface area contributed by atoms with Gasteiger partial charge >= 0.3 is 0 Å². The highest BCUT2D eigenvalue weighted by Crippen LogP contribution is 2.33. The fourth-order valence-electron chi connectivity index (χ4n) is 2.39. The zero-order chi connectivity index (χ0) is 18.5. The number of carbonyl (C=O) groups excluding carboxylic acids is 1. The predicted molar refractivity (Wildman–Crippen MR) is 100 cm³/mol. The quantitative estimate of drug-likeness (QED) is 0.534. The van der Waals surface area contributed by atoms with Crippen LogP contribution in [0.5, 0.6) is 5.75 Å². The summed E-state index contributed by atoms with van der Waals surface area (Å²) in [6.07, 6.45) is 0. The number of H-pyrrole nitrogens is 1. The smallest absolute Gasteiger partial charge is 0.298 e. The van der Waals surface area contributed by atoms with Gasteiger partial charge in [0.1, 0.15) is 23.2 Å². The molecule has 0 unspecified atom stereocenters. The van der Waals surface area contributed by atoms with E-state index in [2.05, 4.69) is 30.9 Å². The van der Waals surface area contributed by atoms with Gasteiger partial charge in [-0.3, -0.25) is 4.79 Å². The lowest BCUT2D eigenvalue weighted by molar-refractivity contribution is 0.101. The van der Waals surface area contributed by atoms with E-state index in [9.17, 15) is 4.79 Å². The van der Waals surface area contributed by atoms with Crippen LogP contribution >= 0.6 is 11.3 Å². The molecular weight excluding hydrogens is 364 g/mol. The maximum absolute atomic E-state index is 12.0. The second-order valence-electron chi connectivity index (χ2n) is 5.50. The van der Waals surface area contributed by atoms with Crippen LogP contribution in [0.15, 0.2) is 60.0 Å². The van der Waals surface area contributed by atoms with Crippen LogP contribution in [-0.2, 0) is 6.61 Å². The average Bonchev–Trinajstić information content (AvgIpc) is 3.40. The molecule has 2 aromatic heterocycles. The number of nitrogens with zero attached hydrogens (tertiary/aromatic N) is 4. The van der Waals surface area contributed by atoms with Gasteiger partial charge in [-0.1, -0.05) is 42.5 Å². The fourth-order valence-corrected chi connectivity index (χ4v) is 3.17. The van der Waals surface area contributed by atoms with E-state index in [1.165, 1.54) is 11.3 Å². The molecule has 0 spiro atoms. The van der Waals surface area contributed by atoms with E-state index in [0.29, 0.717) is 12.4 Å². The maximum Gasteiger partial charge on any atom is 0.298 e. The highest BCUT2D eigenvalue weighted by atomic mass is 32.1. The SMILES string of the molecule is O=C(Nc1csc(-c2ccccc2OCc2ccccc2)n1)c1nn[nH]n1. The van der Waals surface area contributed by atoms with Gasteiger partial charge in [-0.15, -0.1) is 21.5 Å². The van der Waals surface area contributed by atoms with E-state index in [0.717, 1.165) is 21.9 Å². The van der Waals surface area contributed by atoms with E-state index in [1.54, 1.807) is 5.38 Å². The summed E-state index contributed by atoms with van der Waals surface area (Å²) in [6.45, 7) is 0.463. The minimum atomic E-state index is -0.478. The monoisotopic (exact) mass is 378 g/mol. The number of rotatable bonds is 6. The molecule has 8 nitrogen and oxygen atoms in total. The standard InChI is InChI=1S/C18H14N6O2S/c25-17(16-21-23-24-22-16)19-15-11-27-18(20-15)13-8-4-5-9-14(13)26-10-12-6-2-1-3-7-12/h1-9,11H,10H2,(H,19,25)(H,21,22,23,24).